The SMILES string of the molecule is CNC(=O)[C@@H]1CNCCN1C(=O)CCOC. The van der Waals surface area contributed by atoms with Crippen LogP contribution in [0.15, 0.2) is 0 Å². The lowest BCUT2D eigenvalue weighted by molar-refractivity contribution is -0.142. The molecule has 1 rings (SSSR count). The minimum Gasteiger partial charge on any atom is -0.384 e. The summed E-state index contributed by atoms with van der Waals surface area (Å²) in [5.41, 5.74) is 0. The monoisotopic (exact) mass is 229 g/mol. The summed E-state index contributed by atoms with van der Waals surface area (Å²) in [5.74, 6) is -0.157. The van der Waals surface area contributed by atoms with Gasteiger partial charge in [0.15, 0.2) is 0 Å². The van der Waals surface area contributed by atoms with Crippen LogP contribution >= 0.6 is 0 Å². The summed E-state index contributed by atoms with van der Waals surface area (Å²) >= 11 is 0. The average Bonchev–Trinajstić information content (AvgIpc) is 2.35. The van der Waals surface area contributed by atoms with Crippen molar-refractivity contribution in [2.45, 2.75) is 12.5 Å². The molecular weight excluding hydrogens is 210 g/mol. The fourth-order valence-corrected chi connectivity index (χ4v) is 1.74. The zero-order valence-corrected chi connectivity index (χ0v) is 9.78. The standard InChI is InChI=1S/C10H19N3O3/c1-11-10(15)8-7-12-4-5-13(8)9(14)3-6-16-2/h8,12H,3-7H2,1-2H3,(H,11,15)/t8-/m0/s1. The van der Waals surface area contributed by atoms with E-state index < -0.39 is 6.04 Å². The molecule has 2 amide bonds. The predicted octanol–water partition coefficient (Wildman–Crippen LogP) is -1.43. The van der Waals surface area contributed by atoms with E-state index in [1.54, 1.807) is 19.1 Å². The van der Waals surface area contributed by atoms with Crippen LogP contribution in [0.1, 0.15) is 6.42 Å². The van der Waals surface area contributed by atoms with E-state index in [0.29, 0.717) is 26.1 Å². The van der Waals surface area contributed by atoms with Crippen molar-refractivity contribution in [3.8, 4) is 0 Å². The van der Waals surface area contributed by atoms with Crippen LogP contribution in [0.25, 0.3) is 0 Å². The highest BCUT2D eigenvalue weighted by Gasteiger charge is 2.30. The van der Waals surface area contributed by atoms with E-state index in [1.165, 1.54) is 0 Å². The van der Waals surface area contributed by atoms with Gasteiger partial charge < -0.3 is 20.3 Å². The Balaban J connectivity index is 2.59. The summed E-state index contributed by atoms with van der Waals surface area (Å²) < 4.78 is 4.86. The average molecular weight is 229 g/mol. The van der Waals surface area contributed by atoms with Crippen molar-refractivity contribution < 1.29 is 14.3 Å². The van der Waals surface area contributed by atoms with Crippen molar-refractivity contribution in [1.29, 1.82) is 0 Å². The summed E-state index contributed by atoms with van der Waals surface area (Å²) in [7, 11) is 3.13. The molecule has 1 fully saturated rings. The molecule has 0 radical (unpaired) electrons. The molecule has 92 valence electrons. The highest BCUT2D eigenvalue weighted by molar-refractivity contribution is 5.88. The molecule has 0 spiro atoms. The number of ether oxygens (including phenoxy) is 1. The molecule has 0 unspecified atom stereocenters. The molecule has 0 aromatic heterocycles. The van der Waals surface area contributed by atoms with Gasteiger partial charge in [0.05, 0.1) is 13.0 Å². The molecule has 1 aliphatic heterocycles. The van der Waals surface area contributed by atoms with E-state index in [4.69, 9.17) is 4.74 Å². The number of methoxy groups -OCH3 is 1. The van der Waals surface area contributed by atoms with Crippen LogP contribution in [-0.4, -0.2) is 63.2 Å². The molecule has 16 heavy (non-hydrogen) atoms. The molecule has 6 heteroatoms. The Labute approximate surface area is 95.3 Å². The third kappa shape index (κ3) is 3.18. The molecule has 2 N–H and O–H groups in total. The maximum Gasteiger partial charge on any atom is 0.243 e. The van der Waals surface area contributed by atoms with Crippen LogP contribution < -0.4 is 10.6 Å². The van der Waals surface area contributed by atoms with Crippen LogP contribution in [0.3, 0.4) is 0 Å². The zero-order chi connectivity index (χ0) is 12.0. The largest absolute Gasteiger partial charge is 0.384 e. The number of carbonyl (C=O) groups is 2. The zero-order valence-electron chi connectivity index (χ0n) is 9.78. The Bertz CT molecular complexity index is 258. The lowest BCUT2D eigenvalue weighted by atomic mass is 10.1. The molecule has 1 aliphatic rings. The molecule has 1 saturated heterocycles. The van der Waals surface area contributed by atoms with Crippen molar-refractivity contribution in [2.24, 2.45) is 0 Å². The van der Waals surface area contributed by atoms with Gasteiger partial charge in [0, 0.05) is 33.8 Å². The quantitative estimate of drug-likeness (QED) is 0.620. The maximum absolute atomic E-state index is 11.8. The summed E-state index contributed by atoms with van der Waals surface area (Å²) in [6, 6.07) is -0.400. The van der Waals surface area contributed by atoms with Crippen molar-refractivity contribution in [3.05, 3.63) is 0 Å². The van der Waals surface area contributed by atoms with Crippen LogP contribution in [0.2, 0.25) is 0 Å². The van der Waals surface area contributed by atoms with E-state index in [2.05, 4.69) is 10.6 Å². The van der Waals surface area contributed by atoms with E-state index in [9.17, 15) is 9.59 Å². The molecule has 0 aromatic carbocycles. The van der Waals surface area contributed by atoms with Crippen molar-refractivity contribution in [3.63, 3.8) is 0 Å². The Kier molecular flexibility index (Phi) is 5.21. The van der Waals surface area contributed by atoms with Crippen molar-refractivity contribution >= 4 is 11.8 Å². The van der Waals surface area contributed by atoms with Crippen molar-refractivity contribution in [1.82, 2.24) is 15.5 Å². The molecule has 0 bridgehead atoms. The van der Waals surface area contributed by atoms with Crippen LogP contribution in [-0.2, 0) is 14.3 Å². The van der Waals surface area contributed by atoms with Gasteiger partial charge in [-0.3, -0.25) is 9.59 Å². The van der Waals surface area contributed by atoms with Gasteiger partial charge >= 0.3 is 0 Å². The second-order valence-electron chi connectivity index (χ2n) is 3.66. The molecular formula is C10H19N3O3. The van der Waals surface area contributed by atoms with E-state index in [1.807, 2.05) is 0 Å². The minimum absolute atomic E-state index is 0.0306. The van der Waals surface area contributed by atoms with Gasteiger partial charge in [0.25, 0.3) is 0 Å². The summed E-state index contributed by atoms with van der Waals surface area (Å²) in [4.78, 5) is 25.0. The number of hydrogen-bond donors (Lipinski definition) is 2. The third-order valence-corrected chi connectivity index (χ3v) is 2.63. The number of likely N-dealkylation sites (N-methyl/N-ethyl adjacent to an activating group) is 1. The predicted molar refractivity (Wildman–Crippen MR) is 58.9 cm³/mol. The topological polar surface area (TPSA) is 70.7 Å². The van der Waals surface area contributed by atoms with Gasteiger partial charge in [-0.25, -0.2) is 0 Å². The highest BCUT2D eigenvalue weighted by atomic mass is 16.5. The van der Waals surface area contributed by atoms with Gasteiger partial charge in [0.1, 0.15) is 6.04 Å². The first-order valence-corrected chi connectivity index (χ1v) is 5.41. The number of nitrogens with one attached hydrogen (secondary N) is 2. The lowest BCUT2D eigenvalue weighted by Gasteiger charge is -2.34. The van der Waals surface area contributed by atoms with Crippen LogP contribution in [0, 0.1) is 0 Å². The van der Waals surface area contributed by atoms with E-state index in [0.717, 1.165) is 6.54 Å². The fourth-order valence-electron chi connectivity index (χ4n) is 1.74. The molecule has 0 aromatic rings. The number of nitrogens with zero attached hydrogens (tertiary/aromatic N) is 1. The first-order valence-electron chi connectivity index (χ1n) is 5.41. The molecule has 6 nitrogen and oxygen atoms in total. The van der Waals surface area contributed by atoms with Gasteiger partial charge in [-0.1, -0.05) is 0 Å². The molecule has 0 aliphatic carbocycles. The number of piperazine rings is 1. The van der Waals surface area contributed by atoms with E-state index in [-0.39, 0.29) is 11.8 Å². The summed E-state index contributed by atoms with van der Waals surface area (Å²) in [5, 5.41) is 5.68. The maximum atomic E-state index is 11.8. The van der Waals surface area contributed by atoms with Gasteiger partial charge in [0.2, 0.25) is 11.8 Å². The molecule has 0 saturated carbocycles. The van der Waals surface area contributed by atoms with Gasteiger partial charge in [-0.15, -0.1) is 0 Å². The van der Waals surface area contributed by atoms with Gasteiger partial charge in [-0.05, 0) is 0 Å². The van der Waals surface area contributed by atoms with Crippen LogP contribution in [0.5, 0.6) is 0 Å². The van der Waals surface area contributed by atoms with Crippen LogP contribution in [0.4, 0.5) is 0 Å². The fraction of sp³-hybridized carbons (Fsp3) is 0.800. The Morgan fingerprint density at radius 2 is 2.31 bits per heavy atom. The Morgan fingerprint density at radius 1 is 1.56 bits per heavy atom. The first kappa shape index (κ1) is 12.9. The second-order valence-corrected chi connectivity index (χ2v) is 3.66. The third-order valence-electron chi connectivity index (χ3n) is 2.63. The van der Waals surface area contributed by atoms with Gasteiger partial charge in [-0.2, -0.15) is 0 Å². The van der Waals surface area contributed by atoms with Crippen molar-refractivity contribution in [2.75, 3.05) is 40.4 Å². The second kappa shape index (κ2) is 6.44. The number of hydrogen-bond acceptors (Lipinski definition) is 4. The van der Waals surface area contributed by atoms with E-state index >= 15 is 0 Å². The minimum atomic E-state index is -0.400. The lowest BCUT2D eigenvalue weighted by Crippen LogP contribution is -2.59. The number of carbonyl (C=O) groups excluding carboxylic acids is 2. The smallest absolute Gasteiger partial charge is 0.243 e. The number of rotatable bonds is 4. The number of amides is 2. The normalized spacial score (nSPS) is 20.6. The first-order chi connectivity index (χ1) is 7.70. The summed E-state index contributed by atoms with van der Waals surface area (Å²) in [6.45, 7) is 2.20. The highest BCUT2D eigenvalue weighted by Crippen LogP contribution is 2.06. The molecule has 1 heterocycles. The molecule has 1 atom stereocenters. The Hall–Kier alpha value is -1.14. The summed E-state index contributed by atoms with van der Waals surface area (Å²) in [6.07, 6.45) is 0.323. The Morgan fingerprint density at radius 3 is 2.94 bits per heavy atom.